The predicted octanol–water partition coefficient (Wildman–Crippen LogP) is 4.83. The lowest BCUT2D eigenvalue weighted by Gasteiger charge is -2.26. The van der Waals surface area contributed by atoms with Crippen LogP contribution in [0.1, 0.15) is 17.5 Å². The molecule has 0 atom stereocenters. The number of aryl methyl sites for hydroxylation is 1. The Morgan fingerprint density at radius 2 is 1.78 bits per heavy atom. The van der Waals surface area contributed by atoms with Crippen molar-refractivity contribution in [3.63, 3.8) is 0 Å². The van der Waals surface area contributed by atoms with Crippen LogP contribution in [0.5, 0.6) is 0 Å². The molecule has 0 unspecified atom stereocenters. The summed E-state index contributed by atoms with van der Waals surface area (Å²) >= 11 is 12.4. The molecular formula is C22H25Cl2N3. The molecule has 1 aliphatic heterocycles. The van der Waals surface area contributed by atoms with Crippen LogP contribution in [0.4, 0.5) is 0 Å². The molecule has 0 bridgehead atoms. The summed E-state index contributed by atoms with van der Waals surface area (Å²) in [6, 6.07) is 14.4. The van der Waals surface area contributed by atoms with Gasteiger partial charge in [-0.3, -0.25) is 0 Å². The second kappa shape index (κ2) is 8.66. The average Bonchev–Trinajstić information content (AvgIpc) is 3.03. The number of nitrogens with zero attached hydrogens (tertiary/aromatic N) is 2. The van der Waals surface area contributed by atoms with E-state index in [1.165, 1.54) is 29.4 Å². The predicted molar refractivity (Wildman–Crippen MR) is 115 cm³/mol. The van der Waals surface area contributed by atoms with Gasteiger partial charge in [0.25, 0.3) is 0 Å². The van der Waals surface area contributed by atoms with Gasteiger partial charge in [-0.15, -0.1) is 0 Å². The molecule has 27 heavy (non-hydrogen) atoms. The molecule has 0 saturated carbocycles. The lowest BCUT2D eigenvalue weighted by atomic mass is 10.1. The van der Waals surface area contributed by atoms with Gasteiger partial charge in [0.2, 0.25) is 0 Å². The molecule has 1 aromatic heterocycles. The highest BCUT2D eigenvalue weighted by Crippen LogP contribution is 2.27. The molecule has 2 heterocycles. The molecule has 5 heteroatoms. The van der Waals surface area contributed by atoms with E-state index in [1.807, 2.05) is 18.2 Å². The van der Waals surface area contributed by atoms with Gasteiger partial charge in [0, 0.05) is 59.9 Å². The highest BCUT2D eigenvalue weighted by molar-refractivity contribution is 6.35. The van der Waals surface area contributed by atoms with Crippen LogP contribution >= 0.6 is 23.2 Å². The Labute approximate surface area is 170 Å². The highest BCUT2D eigenvalue weighted by Gasteiger charge is 2.12. The van der Waals surface area contributed by atoms with Gasteiger partial charge in [0.15, 0.2) is 0 Å². The van der Waals surface area contributed by atoms with Crippen molar-refractivity contribution in [3.05, 3.63) is 69.8 Å². The third-order valence-electron chi connectivity index (χ3n) is 5.36. The molecule has 3 aromatic rings. The van der Waals surface area contributed by atoms with E-state index in [2.05, 4.69) is 45.2 Å². The van der Waals surface area contributed by atoms with Crippen molar-refractivity contribution < 1.29 is 0 Å². The van der Waals surface area contributed by atoms with Gasteiger partial charge in [0.05, 0.1) is 0 Å². The molecule has 4 rings (SSSR count). The number of benzene rings is 2. The Morgan fingerprint density at radius 1 is 0.963 bits per heavy atom. The summed E-state index contributed by atoms with van der Waals surface area (Å²) in [5, 5.41) is 6.17. The average molecular weight is 402 g/mol. The number of para-hydroxylation sites is 1. The first-order chi connectivity index (χ1) is 13.2. The lowest BCUT2D eigenvalue weighted by molar-refractivity contribution is 0.238. The molecule has 1 saturated heterocycles. The summed E-state index contributed by atoms with van der Waals surface area (Å²) in [5.41, 5.74) is 3.78. The fourth-order valence-corrected chi connectivity index (χ4v) is 4.38. The van der Waals surface area contributed by atoms with Crippen molar-refractivity contribution in [2.45, 2.75) is 19.4 Å². The van der Waals surface area contributed by atoms with E-state index in [4.69, 9.17) is 23.2 Å². The first-order valence-electron chi connectivity index (χ1n) is 9.64. The number of nitrogens with one attached hydrogen (secondary N) is 1. The van der Waals surface area contributed by atoms with E-state index in [-0.39, 0.29) is 0 Å². The molecule has 1 aliphatic rings. The number of piperazine rings is 1. The van der Waals surface area contributed by atoms with Gasteiger partial charge in [0.1, 0.15) is 0 Å². The van der Waals surface area contributed by atoms with Crippen molar-refractivity contribution in [2.24, 2.45) is 0 Å². The van der Waals surface area contributed by atoms with Crippen LogP contribution in [-0.4, -0.2) is 42.2 Å². The van der Waals surface area contributed by atoms with Gasteiger partial charge in [-0.25, -0.2) is 0 Å². The van der Waals surface area contributed by atoms with Crippen LogP contribution in [0.3, 0.4) is 0 Å². The van der Waals surface area contributed by atoms with E-state index in [0.29, 0.717) is 5.02 Å². The van der Waals surface area contributed by atoms with Crippen LogP contribution in [-0.2, 0) is 13.0 Å². The van der Waals surface area contributed by atoms with Gasteiger partial charge in [-0.1, -0.05) is 47.5 Å². The number of halogens is 2. The fourth-order valence-electron chi connectivity index (χ4n) is 3.91. The standard InChI is InChI=1S/C22H25Cl2N3/c23-19-8-7-18(21(24)14-19)16-27-15-17(20-5-1-2-6-22(20)27)4-3-11-26-12-9-25-10-13-26/h1-2,5-8,14-15,25H,3-4,9-13,16H2. The first-order valence-corrected chi connectivity index (χ1v) is 10.4. The van der Waals surface area contributed by atoms with Crippen LogP contribution in [0.15, 0.2) is 48.7 Å². The third-order valence-corrected chi connectivity index (χ3v) is 5.94. The summed E-state index contributed by atoms with van der Waals surface area (Å²) in [4.78, 5) is 2.56. The Balaban J connectivity index is 1.51. The minimum Gasteiger partial charge on any atom is -0.343 e. The molecule has 1 N–H and O–H groups in total. The number of aromatic nitrogens is 1. The van der Waals surface area contributed by atoms with Gasteiger partial charge < -0.3 is 14.8 Å². The molecule has 0 amide bonds. The summed E-state index contributed by atoms with van der Waals surface area (Å²) in [7, 11) is 0. The van der Waals surface area contributed by atoms with Gasteiger partial charge >= 0.3 is 0 Å². The van der Waals surface area contributed by atoms with Crippen molar-refractivity contribution in [2.75, 3.05) is 32.7 Å². The maximum Gasteiger partial charge on any atom is 0.0491 e. The Morgan fingerprint density at radius 3 is 2.59 bits per heavy atom. The molecule has 0 spiro atoms. The van der Waals surface area contributed by atoms with E-state index in [0.717, 1.165) is 49.7 Å². The molecule has 0 aliphatic carbocycles. The van der Waals surface area contributed by atoms with Crippen molar-refractivity contribution >= 4 is 34.1 Å². The largest absolute Gasteiger partial charge is 0.343 e. The monoisotopic (exact) mass is 401 g/mol. The van der Waals surface area contributed by atoms with E-state index >= 15 is 0 Å². The highest BCUT2D eigenvalue weighted by atomic mass is 35.5. The van der Waals surface area contributed by atoms with E-state index < -0.39 is 0 Å². The van der Waals surface area contributed by atoms with Crippen molar-refractivity contribution in [3.8, 4) is 0 Å². The lowest BCUT2D eigenvalue weighted by Crippen LogP contribution is -2.43. The summed E-state index contributed by atoms with van der Waals surface area (Å²) in [6.45, 7) is 6.48. The first kappa shape index (κ1) is 18.8. The van der Waals surface area contributed by atoms with E-state index in [1.54, 1.807) is 0 Å². The SMILES string of the molecule is Clc1ccc(Cn2cc(CCCN3CCNCC3)c3ccccc32)c(Cl)c1. The zero-order chi connectivity index (χ0) is 18.6. The van der Waals surface area contributed by atoms with Crippen LogP contribution in [0, 0.1) is 0 Å². The van der Waals surface area contributed by atoms with Crippen LogP contribution in [0.25, 0.3) is 10.9 Å². The van der Waals surface area contributed by atoms with Crippen LogP contribution < -0.4 is 5.32 Å². The molecule has 142 valence electrons. The number of hydrogen-bond acceptors (Lipinski definition) is 2. The van der Waals surface area contributed by atoms with Crippen molar-refractivity contribution in [1.82, 2.24) is 14.8 Å². The summed E-state index contributed by atoms with van der Waals surface area (Å²) < 4.78 is 2.31. The number of rotatable bonds is 6. The summed E-state index contributed by atoms with van der Waals surface area (Å²) in [6.07, 6.45) is 4.59. The van der Waals surface area contributed by atoms with Gasteiger partial charge in [-0.2, -0.15) is 0 Å². The quantitative estimate of drug-likeness (QED) is 0.637. The second-order valence-corrected chi connectivity index (χ2v) is 8.07. The smallest absolute Gasteiger partial charge is 0.0491 e. The normalized spacial score (nSPS) is 15.5. The van der Waals surface area contributed by atoms with Crippen molar-refractivity contribution in [1.29, 1.82) is 0 Å². The topological polar surface area (TPSA) is 20.2 Å². The Hall–Kier alpha value is -1.52. The Bertz CT molecular complexity index is 913. The van der Waals surface area contributed by atoms with E-state index in [9.17, 15) is 0 Å². The molecule has 2 aromatic carbocycles. The zero-order valence-corrected chi connectivity index (χ0v) is 16.9. The van der Waals surface area contributed by atoms with Crippen LogP contribution in [0.2, 0.25) is 10.0 Å². The third kappa shape index (κ3) is 4.49. The second-order valence-electron chi connectivity index (χ2n) is 7.23. The molecule has 3 nitrogen and oxygen atoms in total. The summed E-state index contributed by atoms with van der Waals surface area (Å²) in [5.74, 6) is 0. The maximum atomic E-state index is 6.40. The molecular weight excluding hydrogens is 377 g/mol. The minimum absolute atomic E-state index is 0.676. The number of hydrogen-bond donors (Lipinski definition) is 1. The molecule has 1 fully saturated rings. The van der Waals surface area contributed by atoms with Gasteiger partial charge in [-0.05, 0) is 48.7 Å². The number of fused-ring (bicyclic) bond motifs is 1. The maximum absolute atomic E-state index is 6.40. The molecule has 0 radical (unpaired) electrons. The zero-order valence-electron chi connectivity index (χ0n) is 15.4. The fraction of sp³-hybridized carbons (Fsp3) is 0.364. The minimum atomic E-state index is 0.676. The Kier molecular flexibility index (Phi) is 6.04.